The molecule has 4 aliphatic rings. The van der Waals surface area contributed by atoms with Gasteiger partial charge < -0.3 is 10.8 Å². The molecule has 4 heteroatoms. The summed E-state index contributed by atoms with van der Waals surface area (Å²) in [6.07, 6.45) is 7.58. The fourth-order valence-electron chi connectivity index (χ4n) is 6.55. The standard InChI is InChI=1S/C22H30N2O2/c1-13(14-2-3-14)24-9-8-22-12-17(25)6-7-18(22)20(24)11-15-4-5-16(21(23)26)10-19(15)22/h4-5,10,13-14,17-18,20,25H,2-3,6-9,11-12H2,1H3,(H2,23,26)/t13-,17?,18?,20?,22?/m1/s1. The number of amides is 1. The Morgan fingerprint density at radius 2 is 2.12 bits per heavy atom. The van der Waals surface area contributed by atoms with Crippen molar-refractivity contribution in [3.8, 4) is 0 Å². The predicted octanol–water partition coefficient (Wildman–Crippen LogP) is 2.61. The molecule has 0 radical (unpaired) electrons. The van der Waals surface area contributed by atoms with Crippen molar-refractivity contribution in [3.05, 3.63) is 34.9 Å². The number of rotatable bonds is 3. The average molecular weight is 354 g/mol. The van der Waals surface area contributed by atoms with Crippen LogP contribution in [0.4, 0.5) is 0 Å². The number of nitrogens with two attached hydrogens (primary N) is 1. The molecular weight excluding hydrogens is 324 g/mol. The van der Waals surface area contributed by atoms with Crippen molar-refractivity contribution in [1.29, 1.82) is 0 Å². The third-order valence-electron chi connectivity index (χ3n) is 8.01. The van der Waals surface area contributed by atoms with Crippen molar-refractivity contribution in [2.45, 2.75) is 75.5 Å². The third kappa shape index (κ3) is 2.38. The molecule has 3 fully saturated rings. The van der Waals surface area contributed by atoms with E-state index in [0.29, 0.717) is 23.6 Å². The number of aliphatic hydroxyl groups excluding tert-OH is 1. The van der Waals surface area contributed by atoms with Crippen LogP contribution in [0.15, 0.2) is 18.2 Å². The molecule has 5 rings (SSSR count). The highest BCUT2D eigenvalue weighted by molar-refractivity contribution is 5.93. The van der Waals surface area contributed by atoms with Crippen LogP contribution in [0.25, 0.3) is 0 Å². The van der Waals surface area contributed by atoms with E-state index in [-0.39, 0.29) is 17.4 Å². The van der Waals surface area contributed by atoms with E-state index < -0.39 is 0 Å². The number of hydrogen-bond donors (Lipinski definition) is 2. The van der Waals surface area contributed by atoms with Gasteiger partial charge in [-0.2, -0.15) is 0 Å². The van der Waals surface area contributed by atoms with Crippen LogP contribution in [0.3, 0.4) is 0 Å². The van der Waals surface area contributed by atoms with Crippen LogP contribution in [0.5, 0.6) is 0 Å². The highest BCUT2D eigenvalue weighted by atomic mass is 16.3. The Balaban J connectivity index is 1.60. The van der Waals surface area contributed by atoms with Crippen molar-refractivity contribution < 1.29 is 9.90 Å². The first kappa shape index (κ1) is 16.8. The molecule has 0 spiro atoms. The Morgan fingerprint density at radius 1 is 1.31 bits per heavy atom. The second kappa shape index (κ2) is 5.80. The van der Waals surface area contributed by atoms with E-state index in [9.17, 15) is 9.90 Å². The minimum Gasteiger partial charge on any atom is -0.393 e. The van der Waals surface area contributed by atoms with Gasteiger partial charge in [0.05, 0.1) is 6.10 Å². The maximum atomic E-state index is 11.8. The predicted molar refractivity (Wildman–Crippen MR) is 101 cm³/mol. The Hall–Kier alpha value is -1.39. The lowest BCUT2D eigenvalue weighted by atomic mass is 9.51. The molecule has 4 nitrogen and oxygen atoms in total. The van der Waals surface area contributed by atoms with E-state index in [0.717, 1.165) is 44.6 Å². The first-order chi connectivity index (χ1) is 12.5. The van der Waals surface area contributed by atoms with Gasteiger partial charge in [-0.25, -0.2) is 0 Å². The molecule has 26 heavy (non-hydrogen) atoms. The van der Waals surface area contributed by atoms with Gasteiger partial charge in [-0.05, 0) is 93.5 Å². The summed E-state index contributed by atoms with van der Waals surface area (Å²) < 4.78 is 0. The molecule has 1 saturated heterocycles. The summed E-state index contributed by atoms with van der Waals surface area (Å²) in [5.74, 6) is 1.13. The highest BCUT2D eigenvalue weighted by Gasteiger charge is 2.56. The van der Waals surface area contributed by atoms with Gasteiger partial charge >= 0.3 is 0 Å². The van der Waals surface area contributed by atoms with E-state index in [1.54, 1.807) is 0 Å². The van der Waals surface area contributed by atoms with Crippen LogP contribution in [-0.2, 0) is 11.8 Å². The average Bonchev–Trinajstić information content (AvgIpc) is 3.45. The third-order valence-corrected chi connectivity index (χ3v) is 8.01. The van der Waals surface area contributed by atoms with Crippen molar-refractivity contribution in [2.24, 2.45) is 17.6 Å². The van der Waals surface area contributed by atoms with Crippen molar-refractivity contribution in [3.63, 3.8) is 0 Å². The van der Waals surface area contributed by atoms with E-state index in [2.05, 4.69) is 24.0 Å². The monoisotopic (exact) mass is 354 g/mol. The van der Waals surface area contributed by atoms with Crippen LogP contribution in [0, 0.1) is 11.8 Å². The lowest BCUT2D eigenvalue weighted by molar-refractivity contribution is -0.0633. The summed E-state index contributed by atoms with van der Waals surface area (Å²) in [5, 5.41) is 10.5. The van der Waals surface area contributed by atoms with E-state index in [1.165, 1.54) is 24.0 Å². The fraction of sp³-hybridized carbons (Fsp3) is 0.682. The first-order valence-corrected chi connectivity index (χ1v) is 10.4. The Labute approximate surface area is 155 Å². The van der Waals surface area contributed by atoms with Crippen LogP contribution in [0.1, 0.15) is 66.9 Å². The zero-order valence-electron chi connectivity index (χ0n) is 15.7. The van der Waals surface area contributed by atoms with Gasteiger partial charge in [0, 0.05) is 23.1 Å². The van der Waals surface area contributed by atoms with Crippen molar-refractivity contribution in [2.75, 3.05) is 6.54 Å². The molecule has 0 aromatic heterocycles. The number of benzene rings is 1. The number of likely N-dealkylation sites (tertiary alicyclic amines) is 1. The minimum atomic E-state index is -0.348. The summed E-state index contributed by atoms with van der Waals surface area (Å²) in [7, 11) is 0. The highest BCUT2D eigenvalue weighted by Crippen LogP contribution is 2.57. The molecule has 3 N–H and O–H groups in total. The minimum absolute atomic E-state index is 0.0289. The quantitative estimate of drug-likeness (QED) is 0.877. The number of hydrogen-bond acceptors (Lipinski definition) is 3. The summed E-state index contributed by atoms with van der Waals surface area (Å²) in [5.41, 5.74) is 8.90. The zero-order chi connectivity index (χ0) is 18.1. The van der Waals surface area contributed by atoms with Gasteiger partial charge in [0.2, 0.25) is 5.91 Å². The Kier molecular flexibility index (Phi) is 3.74. The summed E-state index contributed by atoms with van der Waals surface area (Å²) in [6.45, 7) is 3.54. The molecule has 1 heterocycles. The number of carbonyl (C=O) groups is 1. The largest absolute Gasteiger partial charge is 0.393 e. The van der Waals surface area contributed by atoms with Gasteiger partial charge in [0.1, 0.15) is 0 Å². The van der Waals surface area contributed by atoms with E-state index in [1.807, 2.05) is 6.07 Å². The molecule has 2 saturated carbocycles. The topological polar surface area (TPSA) is 66.6 Å². The molecule has 1 aromatic rings. The lowest BCUT2D eigenvalue weighted by Gasteiger charge is -2.61. The molecular formula is C22H30N2O2. The summed E-state index contributed by atoms with van der Waals surface area (Å²) >= 11 is 0. The van der Waals surface area contributed by atoms with Gasteiger partial charge in [0.25, 0.3) is 0 Å². The molecule has 5 atom stereocenters. The molecule has 1 aromatic carbocycles. The Morgan fingerprint density at radius 3 is 2.85 bits per heavy atom. The Bertz CT molecular complexity index is 744. The summed E-state index contributed by atoms with van der Waals surface area (Å²) in [4.78, 5) is 14.6. The molecule has 4 unspecified atom stereocenters. The van der Waals surface area contributed by atoms with Crippen LogP contribution in [0.2, 0.25) is 0 Å². The van der Waals surface area contributed by atoms with Crippen LogP contribution in [-0.4, -0.2) is 40.6 Å². The van der Waals surface area contributed by atoms with Gasteiger partial charge in [0.15, 0.2) is 0 Å². The number of nitrogens with zero attached hydrogens (tertiary/aromatic N) is 1. The molecule has 3 aliphatic carbocycles. The van der Waals surface area contributed by atoms with Crippen LogP contribution < -0.4 is 5.73 Å². The van der Waals surface area contributed by atoms with Crippen molar-refractivity contribution in [1.82, 2.24) is 4.90 Å². The molecule has 2 bridgehead atoms. The lowest BCUT2D eigenvalue weighted by Crippen LogP contribution is -2.64. The number of piperidine rings is 1. The second-order valence-corrected chi connectivity index (χ2v) is 9.27. The van der Waals surface area contributed by atoms with Crippen molar-refractivity contribution >= 4 is 5.91 Å². The molecule has 140 valence electrons. The SMILES string of the molecule is C[C@H](C1CC1)N1CCC23CC(O)CCC2C1Cc1ccc(C(N)=O)cc13. The number of aliphatic hydroxyl groups is 1. The fourth-order valence-corrected chi connectivity index (χ4v) is 6.55. The van der Waals surface area contributed by atoms with E-state index in [4.69, 9.17) is 5.73 Å². The first-order valence-electron chi connectivity index (χ1n) is 10.4. The normalized spacial score (nSPS) is 37.5. The molecule has 1 amide bonds. The zero-order valence-corrected chi connectivity index (χ0v) is 15.7. The number of primary amides is 1. The number of carbonyl (C=O) groups excluding carboxylic acids is 1. The van der Waals surface area contributed by atoms with Gasteiger partial charge in [-0.15, -0.1) is 0 Å². The van der Waals surface area contributed by atoms with Gasteiger partial charge in [-0.3, -0.25) is 9.69 Å². The maximum absolute atomic E-state index is 11.8. The smallest absolute Gasteiger partial charge is 0.248 e. The van der Waals surface area contributed by atoms with E-state index >= 15 is 0 Å². The summed E-state index contributed by atoms with van der Waals surface area (Å²) in [6, 6.07) is 7.34. The second-order valence-electron chi connectivity index (χ2n) is 9.27. The molecule has 1 aliphatic heterocycles. The van der Waals surface area contributed by atoms with Crippen LogP contribution >= 0.6 is 0 Å². The van der Waals surface area contributed by atoms with Gasteiger partial charge in [-0.1, -0.05) is 6.07 Å². The maximum Gasteiger partial charge on any atom is 0.248 e. The number of fused-ring (bicyclic) bond motifs is 1.